The van der Waals surface area contributed by atoms with Gasteiger partial charge in [0.25, 0.3) is 0 Å². The van der Waals surface area contributed by atoms with Crippen LogP contribution in [0.1, 0.15) is 23.9 Å². The van der Waals surface area contributed by atoms with Crippen LogP contribution >= 0.6 is 0 Å². The van der Waals surface area contributed by atoms with Crippen molar-refractivity contribution in [2.24, 2.45) is 5.73 Å². The number of alkyl halides is 3. The number of nitrogen functional groups attached to an aromatic ring is 1. The molecule has 1 aromatic carbocycles. The van der Waals surface area contributed by atoms with Crippen molar-refractivity contribution in [1.29, 1.82) is 5.41 Å². The number of amidine groups is 1. The number of nitrogens with zero attached hydrogens (tertiary/aromatic N) is 2. The van der Waals surface area contributed by atoms with Crippen molar-refractivity contribution in [3.05, 3.63) is 47.5 Å². The average molecular weight is 282 g/mol. The second-order valence-corrected chi connectivity index (χ2v) is 4.21. The van der Waals surface area contributed by atoms with Gasteiger partial charge in [-0.2, -0.15) is 13.2 Å². The van der Waals surface area contributed by atoms with Gasteiger partial charge in [0.1, 0.15) is 11.7 Å². The highest BCUT2D eigenvalue weighted by molar-refractivity contribution is 5.98. The molecule has 0 spiro atoms. The first-order valence-corrected chi connectivity index (χ1v) is 5.92. The largest absolute Gasteiger partial charge is 0.416 e. The van der Waals surface area contributed by atoms with E-state index in [1.54, 1.807) is 17.0 Å². The van der Waals surface area contributed by atoms with Gasteiger partial charge in [-0.15, -0.1) is 0 Å². The van der Waals surface area contributed by atoms with Gasteiger partial charge >= 0.3 is 6.18 Å². The quantitative estimate of drug-likeness (QED) is 0.671. The van der Waals surface area contributed by atoms with Crippen LogP contribution < -0.4 is 5.73 Å². The summed E-state index contributed by atoms with van der Waals surface area (Å²) in [7, 11) is 0. The second kappa shape index (κ2) is 4.99. The van der Waals surface area contributed by atoms with Crippen LogP contribution in [-0.4, -0.2) is 15.4 Å². The van der Waals surface area contributed by atoms with Crippen LogP contribution in [0.2, 0.25) is 0 Å². The normalized spacial score (nSPS) is 11.6. The summed E-state index contributed by atoms with van der Waals surface area (Å²) in [6, 6.07) is 3.17. The van der Waals surface area contributed by atoms with E-state index in [4.69, 9.17) is 11.1 Å². The molecule has 0 radical (unpaired) electrons. The second-order valence-electron chi connectivity index (χ2n) is 4.21. The van der Waals surface area contributed by atoms with Crippen molar-refractivity contribution in [3.8, 4) is 5.69 Å². The molecule has 7 heteroatoms. The number of benzene rings is 1. The fraction of sp³-hybridized carbons (Fsp3) is 0.231. The van der Waals surface area contributed by atoms with Crippen molar-refractivity contribution in [2.45, 2.75) is 19.5 Å². The molecular weight excluding hydrogens is 269 g/mol. The molecule has 0 amide bonds. The first-order valence-electron chi connectivity index (χ1n) is 5.92. The molecule has 1 aromatic heterocycles. The molecule has 0 aliphatic carbocycles. The van der Waals surface area contributed by atoms with E-state index in [1.807, 2.05) is 6.92 Å². The Morgan fingerprint density at radius 3 is 2.65 bits per heavy atom. The zero-order valence-corrected chi connectivity index (χ0v) is 10.7. The Kier molecular flexibility index (Phi) is 3.52. The number of hydrogen-bond donors (Lipinski definition) is 2. The van der Waals surface area contributed by atoms with Crippen molar-refractivity contribution in [1.82, 2.24) is 9.55 Å². The van der Waals surface area contributed by atoms with Gasteiger partial charge in [-0.05, 0) is 18.2 Å². The van der Waals surface area contributed by atoms with E-state index in [1.165, 1.54) is 6.07 Å². The zero-order chi connectivity index (χ0) is 14.9. The Bertz CT molecular complexity index is 643. The lowest BCUT2D eigenvalue weighted by Gasteiger charge is -2.14. The number of nitrogens with two attached hydrogens (primary N) is 1. The van der Waals surface area contributed by atoms with Crippen LogP contribution in [0.5, 0.6) is 0 Å². The maximum absolute atomic E-state index is 12.7. The summed E-state index contributed by atoms with van der Waals surface area (Å²) in [5.41, 5.74) is 5.03. The predicted molar refractivity (Wildman–Crippen MR) is 69.0 cm³/mol. The first-order chi connectivity index (χ1) is 9.34. The van der Waals surface area contributed by atoms with Gasteiger partial charge in [0.15, 0.2) is 0 Å². The molecule has 0 aliphatic rings. The van der Waals surface area contributed by atoms with E-state index in [0.29, 0.717) is 17.9 Å². The van der Waals surface area contributed by atoms with Gasteiger partial charge in [-0.3, -0.25) is 5.41 Å². The molecule has 0 atom stereocenters. The molecule has 2 aromatic rings. The number of rotatable bonds is 3. The highest BCUT2D eigenvalue weighted by atomic mass is 19.4. The van der Waals surface area contributed by atoms with E-state index in [9.17, 15) is 13.2 Å². The van der Waals surface area contributed by atoms with Crippen molar-refractivity contribution >= 4 is 5.84 Å². The summed E-state index contributed by atoms with van der Waals surface area (Å²) in [5.74, 6) is 0.272. The Balaban J connectivity index is 2.63. The molecular formula is C13H13F3N4. The van der Waals surface area contributed by atoms with Crippen molar-refractivity contribution in [2.75, 3.05) is 0 Å². The van der Waals surface area contributed by atoms with E-state index in [-0.39, 0.29) is 5.56 Å². The third-order valence-electron chi connectivity index (χ3n) is 2.91. The van der Waals surface area contributed by atoms with Crippen LogP contribution in [0.3, 0.4) is 0 Å². The molecule has 2 rings (SSSR count). The van der Waals surface area contributed by atoms with Gasteiger partial charge in [0.2, 0.25) is 0 Å². The summed E-state index contributed by atoms with van der Waals surface area (Å²) in [6.45, 7) is 1.89. The molecule has 1 heterocycles. The molecule has 0 aliphatic heterocycles. The highest BCUT2D eigenvalue weighted by Crippen LogP contribution is 2.31. The van der Waals surface area contributed by atoms with Crippen LogP contribution in [0.4, 0.5) is 13.2 Å². The van der Waals surface area contributed by atoms with Crippen molar-refractivity contribution in [3.63, 3.8) is 0 Å². The Morgan fingerprint density at radius 1 is 1.40 bits per heavy atom. The van der Waals surface area contributed by atoms with Crippen LogP contribution in [0, 0.1) is 5.41 Å². The van der Waals surface area contributed by atoms with Gasteiger partial charge in [-0.1, -0.05) is 6.92 Å². The molecule has 0 unspecified atom stereocenters. The van der Waals surface area contributed by atoms with E-state index >= 15 is 0 Å². The van der Waals surface area contributed by atoms with Gasteiger partial charge in [0, 0.05) is 24.4 Å². The lowest BCUT2D eigenvalue weighted by Crippen LogP contribution is -2.17. The number of aromatic nitrogens is 2. The highest BCUT2D eigenvalue weighted by Gasteiger charge is 2.31. The zero-order valence-electron chi connectivity index (χ0n) is 10.7. The molecule has 106 valence electrons. The molecule has 4 nitrogen and oxygen atoms in total. The minimum Gasteiger partial charge on any atom is -0.384 e. The summed E-state index contributed by atoms with van der Waals surface area (Å²) in [5, 5.41) is 7.48. The average Bonchev–Trinajstić information content (AvgIpc) is 2.84. The molecule has 20 heavy (non-hydrogen) atoms. The van der Waals surface area contributed by atoms with Crippen LogP contribution in [0.25, 0.3) is 5.69 Å². The van der Waals surface area contributed by atoms with Gasteiger partial charge in [0.05, 0.1) is 11.3 Å². The monoisotopic (exact) mass is 282 g/mol. The number of nitrogens with one attached hydrogen (secondary N) is 1. The third-order valence-corrected chi connectivity index (χ3v) is 2.91. The maximum atomic E-state index is 12.7. The van der Waals surface area contributed by atoms with E-state index < -0.39 is 17.6 Å². The lowest BCUT2D eigenvalue weighted by atomic mass is 10.1. The first kappa shape index (κ1) is 14.1. The Hall–Kier alpha value is -2.31. The van der Waals surface area contributed by atoms with Crippen LogP contribution in [0.15, 0.2) is 30.6 Å². The molecule has 0 saturated carbocycles. The smallest absolute Gasteiger partial charge is 0.384 e. The fourth-order valence-corrected chi connectivity index (χ4v) is 1.95. The van der Waals surface area contributed by atoms with Gasteiger partial charge in [-0.25, -0.2) is 4.98 Å². The minimum absolute atomic E-state index is 0.0347. The van der Waals surface area contributed by atoms with E-state index in [2.05, 4.69) is 4.98 Å². The summed E-state index contributed by atoms with van der Waals surface area (Å²) in [4.78, 5) is 4.11. The Morgan fingerprint density at radius 2 is 2.10 bits per heavy atom. The number of imidazole rings is 1. The van der Waals surface area contributed by atoms with E-state index in [0.717, 1.165) is 12.1 Å². The summed E-state index contributed by atoms with van der Waals surface area (Å²) < 4.78 is 39.8. The number of hydrogen-bond acceptors (Lipinski definition) is 2. The molecule has 3 N–H and O–H groups in total. The standard InChI is InChI=1S/C13H13F3N4/c1-2-11-19-5-6-20(11)10-4-3-8(13(14,15)16)7-9(10)12(17)18/h3-7H,2H2,1H3,(H3,17,18). The van der Waals surface area contributed by atoms with Crippen LogP contribution in [-0.2, 0) is 12.6 Å². The lowest BCUT2D eigenvalue weighted by molar-refractivity contribution is -0.137. The summed E-state index contributed by atoms with van der Waals surface area (Å²) in [6.07, 6.45) is -0.662. The minimum atomic E-state index is -4.47. The fourth-order valence-electron chi connectivity index (χ4n) is 1.95. The SMILES string of the molecule is CCc1nccn1-c1ccc(C(F)(F)F)cc1C(=N)N. The predicted octanol–water partition coefficient (Wildman–Crippen LogP) is 2.74. The Labute approximate surface area is 113 Å². The molecule has 0 bridgehead atoms. The summed E-state index contributed by atoms with van der Waals surface area (Å²) >= 11 is 0. The van der Waals surface area contributed by atoms with Crippen molar-refractivity contribution < 1.29 is 13.2 Å². The topological polar surface area (TPSA) is 67.7 Å². The van der Waals surface area contributed by atoms with Gasteiger partial charge < -0.3 is 10.3 Å². The third kappa shape index (κ3) is 2.52. The maximum Gasteiger partial charge on any atom is 0.416 e. The number of halogens is 3. The number of aryl methyl sites for hydroxylation is 1. The molecule has 0 fully saturated rings. The molecule has 0 saturated heterocycles.